The number of anilines is 1. The Labute approximate surface area is 228 Å². The van der Waals surface area contributed by atoms with Gasteiger partial charge in [-0.2, -0.15) is 5.10 Å². The van der Waals surface area contributed by atoms with Gasteiger partial charge in [-0.3, -0.25) is 9.59 Å². The molecule has 2 heterocycles. The number of nitrogens with zero attached hydrogens (tertiary/aromatic N) is 3. The molecule has 200 valence electrons. The minimum atomic E-state index is -0.325. The minimum absolute atomic E-state index is 0.119. The summed E-state index contributed by atoms with van der Waals surface area (Å²) in [5.74, 6) is 1.05. The van der Waals surface area contributed by atoms with E-state index in [1.807, 2.05) is 67.6 Å². The first-order valence-corrected chi connectivity index (χ1v) is 12.9. The summed E-state index contributed by atoms with van der Waals surface area (Å²) in [5.41, 5.74) is 3.89. The minimum Gasteiger partial charge on any atom is -0.454 e. The highest BCUT2D eigenvalue weighted by Crippen LogP contribution is 2.33. The Kier molecular flexibility index (Phi) is 7.11. The largest absolute Gasteiger partial charge is 0.454 e. The Hall–Kier alpha value is -4.59. The first-order chi connectivity index (χ1) is 18.7. The van der Waals surface area contributed by atoms with Crippen LogP contribution in [0, 0.1) is 6.92 Å². The van der Waals surface area contributed by atoms with Crippen molar-refractivity contribution in [2.45, 2.75) is 39.7 Å². The predicted octanol–water partition coefficient (Wildman–Crippen LogP) is 5.49. The van der Waals surface area contributed by atoms with E-state index >= 15 is 0 Å². The second-order valence-electron chi connectivity index (χ2n) is 10.7. The second kappa shape index (κ2) is 10.6. The molecule has 0 spiro atoms. The predicted molar refractivity (Wildman–Crippen MR) is 149 cm³/mol. The number of hydrogen-bond acceptors (Lipinski definition) is 5. The van der Waals surface area contributed by atoms with Gasteiger partial charge in [-0.25, -0.2) is 4.68 Å². The quantitative estimate of drug-likeness (QED) is 0.346. The van der Waals surface area contributed by atoms with Crippen LogP contribution in [0.5, 0.6) is 11.5 Å². The van der Waals surface area contributed by atoms with E-state index in [4.69, 9.17) is 14.6 Å². The Morgan fingerprint density at radius 1 is 0.949 bits per heavy atom. The lowest BCUT2D eigenvalue weighted by atomic mass is 9.92. The third kappa shape index (κ3) is 5.95. The number of amides is 2. The number of benzene rings is 3. The van der Waals surface area contributed by atoms with E-state index in [0.29, 0.717) is 22.9 Å². The van der Waals surface area contributed by atoms with Gasteiger partial charge < -0.3 is 19.7 Å². The summed E-state index contributed by atoms with van der Waals surface area (Å²) in [6.45, 7) is 8.48. The van der Waals surface area contributed by atoms with Crippen molar-refractivity contribution in [3.8, 4) is 17.2 Å². The summed E-state index contributed by atoms with van der Waals surface area (Å²) < 4.78 is 12.6. The molecule has 1 N–H and O–H groups in total. The Bertz CT molecular complexity index is 1500. The van der Waals surface area contributed by atoms with Crippen LogP contribution in [-0.2, 0) is 16.8 Å². The van der Waals surface area contributed by atoms with Crippen LogP contribution in [0.25, 0.3) is 5.69 Å². The average Bonchev–Trinajstić information content (AvgIpc) is 3.55. The highest BCUT2D eigenvalue weighted by Gasteiger charge is 2.25. The van der Waals surface area contributed by atoms with Crippen LogP contribution in [0.1, 0.15) is 48.0 Å². The molecule has 8 heteroatoms. The molecule has 4 aromatic rings. The van der Waals surface area contributed by atoms with Gasteiger partial charge in [-0.15, -0.1) is 0 Å². The molecule has 1 aliphatic heterocycles. The number of carbonyl (C=O) groups excluding carboxylic acids is 2. The molecule has 0 saturated carbocycles. The van der Waals surface area contributed by atoms with Crippen LogP contribution < -0.4 is 14.8 Å². The molecule has 0 bridgehead atoms. The SMILES string of the molecule is Cc1cccc(-n2nc(C(C)(C)C)cc2NC(=O)CN(Cc2ccccc2)C(=O)c2ccc3c(c2)OCO3)c1. The summed E-state index contributed by atoms with van der Waals surface area (Å²) in [7, 11) is 0. The molecule has 8 nitrogen and oxygen atoms in total. The molecule has 1 aliphatic rings. The van der Waals surface area contributed by atoms with E-state index in [9.17, 15) is 9.59 Å². The average molecular weight is 525 g/mol. The Morgan fingerprint density at radius 2 is 1.72 bits per heavy atom. The van der Waals surface area contributed by atoms with Crippen molar-refractivity contribution in [1.29, 1.82) is 0 Å². The molecular weight excluding hydrogens is 492 g/mol. The lowest BCUT2D eigenvalue weighted by Crippen LogP contribution is -2.37. The molecule has 0 fully saturated rings. The van der Waals surface area contributed by atoms with Crippen molar-refractivity contribution in [2.24, 2.45) is 0 Å². The summed E-state index contributed by atoms with van der Waals surface area (Å²) in [6.07, 6.45) is 0. The normalized spacial score (nSPS) is 12.3. The van der Waals surface area contributed by atoms with Crippen molar-refractivity contribution < 1.29 is 19.1 Å². The van der Waals surface area contributed by atoms with Crippen molar-refractivity contribution in [3.05, 3.63) is 101 Å². The zero-order valence-electron chi connectivity index (χ0n) is 22.6. The van der Waals surface area contributed by atoms with Crippen LogP contribution in [0.4, 0.5) is 5.82 Å². The van der Waals surface area contributed by atoms with Crippen LogP contribution in [0.15, 0.2) is 78.9 Å². The van der Waals surface area contributed by atoms with E-state index < -0.39 is 0 Å². The van der Waals surface area contributed by atoms with Gasteiger partial charge in [0.1, 0.15) is 12.4 Å². The fourth-order valence-electron chi connectivity index (χ4n) is 4.36. The smallest absolute Gasteiger partial charge is 0.254 e. The molecule has 3 aromatic carbocycles. The molecule has 39 heavy (non-hydrogen) atoms. The van der Waals surface area contributed by atoms with Crippen molar-refractivity contribution >= 4 is 17.6 Å². The van der Waals surface area contributed by atoms with E-state index in [2.05, 4.69) is 26.1 Å². The Morgan fingerprint density at radius 3 is 2.46 bits per heavy atom. The number of hydrogen-bond donors (Lipinski definition) is 1. The highest BCUT2D eigenvalue weighted by molar-refractivity contribution is 5.99. The number of aryl methyl sites for hydroxylation is 1. The molecule has 0 atom stereocenters. The lowest BCUT2D eigenvalue weighted by molar-refractivity contribution is -0.117. The van der Waals surface area contributed by atoms with E-state index in [0.717, 1.165) is 22.5 Å². The van der Waals surface area contributed by atoms with Crippen LogP contribution >= 0.6 is 0 Å². The summed E-state index contributed by atoms with van der Waals surface area (Å²) >= 11 is 0. The maximum absolute atomic E-state index is 13.6. The zero-order valence-corrected chi connectivity index (χ0v) is 22.6. The van der Waals surface area contributed by atoms with E-state index in [1.54, 1.807) is 22.9 Å². The lowest BCUT2D eigenvalue weighted by Gasteiger charge is -2.23. The summed E-state index contributed by atoms with van der Waals surface area (Å²) in [5, 5.41) is 7.81. The molecule has 1 aromatic heterocycles. The van der Waals surface area contributed by atoms with Crippen LogP contribution in [0.2, 0.25) is 0 Å². The molecule has 5 rings (SSSR count). The molecule has 0 radical (unpaired) electrons. The molecule has 0 aliphatic carbocycles. The third-order valence-electron chi connectivity index (χ3n) is 6.45. The van der Waals surface area contributed by atoms with Crippen LogP contribution in [0.3, 0.4) is 0 Å². The highest BCUT2D eigenvalue weighted by atomic mass is 16.7. The fraction of sp³-hybridized carbons (Fsp3) is 0.258. The van der Waals surface area contributed by atoms with Gasteiger partial charge in [0.2, 0.25) is 12.7 Å². The molecule has 2 amide bonds. The maximum Gasteiger partial charge on any atom is 0.254 e. The third-order valence-corrected chi connectivity index (χ3v) is 6.45. The fourth-order valence-corrected chi connectivity index (χ4v) is 4.36. The van der Waals surface area contributed by atoms with Gasteiger partial charge in [0.25, 0.3) is 5.91 Å². The van der Waals surface area contributed by atoms with Crippen molar-refractivity contribution in [2.75, 3.05) is 18.7 Å². The Balaban J connectivity index is 1.42. The monoisotopic (exact) mass is 524 g/mol. The van der Waals surface area contributed by atoms with Gasteiger partial charge in [-0.05, 0) is 48.4 Å². The number of carbonyl (C=O) groups is 2. The van der Waals surface area contributed by atoms with Gasteiger partial charge in [0.05, 0.1) is 11.4 Å². The number of nitrogens with one attached hydrogen (secondary N) is 1. The molecular formula is C31H32N4O4. The topological polar surface area (TPSA) is 85.7 Å². The molecule has 0 saturated heterocycles. The van der Waals surface area contributed by atoms with Gasteiger partial charge in [0.15, 0.2) is 11.5 Å². The second-order valence-corrected chi connectivity index (χ2v) is 10.7. The number of fused-ring (bicyclic) bond motifs is 1. The summed E-state index contributed by atoms with van der Waals surface area (Å²) in [6, 6.07) is 24.5. The van der Waals surface area contributed by atoms with Crippen LogP contribution in [-0.4, -0.2) is 39.8 Å². The van der Waals surface area contributed by atoms with Crippen molar-refractivity contribution in [3.63, 3.8) is 0 Å². The number of aromatic nitrogens is 2. The number of ether oxygens (including phenoxy) is 2. The van der Waals surface area contributed by atoms with Gasteiger partial charge in [0, 0.05) is 23.6 Å². The van der Waals surface area contributed by atoms with Crippen molar-refractivity contribution in [1.82, 2.24) is 14.7 Å². The summed E-state index contributed by atoms with van der Waals surface area (Å²) in [4.78, 5) is 28.6. The van der Waals surface area contributed by atoms with E-state index in [1.165, 1.54) is 4.90 Å². The van der Waals surface area contributed by atoms with Gasteiger partial charge in [-0.1, -0.05) is 63.2 Å². The van der Waals surface area contributed by atoms with E-state index in [-0.39, 0.29) is 37.1 Å². The first kappa shape index (κ1) is 26.0. The standard InChI is InChI=1S/C31H32N4O4/c1-21-9-8-12-24(15-21)35-28(17-27(33-35)31(2,3)4)32-29(36)19-34(18-22-10-6-5-7-11-22)30(37)23-13-14-25-26(16-23)39-20-38-25/h5-17H,18-20H2,1-4H3,(H,32,36). The maximum atomic E-state index is 13.6. The molecule has 0 unspecified atom stereocenters. The van der Waals surface area contributed by atoms with Gasteiger partial charge >= 0.3 is 0 Å². The zero-order chi connectivity index (χ0) is 27.6. The number of rotatable bonds is 7. The first-order valence-electron chi connectivity index (χ1n) is 12.9.